The maximum Gasteiger partial charge on any atom is 0.229 e. The van der Waals surface area contributed by atoms with Crippen LogP contribution in [-0.2, 0) is 16.1 Å². The molecule has 0 saturated carbocycles. The molecule has 7 nitrogen and oxygen atoms in total. The summed E-state index contributed by atoms with van der Waals surface area (Å²) >= 11 is 0. The number of benzene rings is 1. The molecule has 1 saturated heterocycles. The number of allylic oxidation sites excluding steroid dienone is 1. The number of hydrogen-bond donors (Lipinski definition) is 2. The van der Waals surface area contributed by atoms with Gasteiger partial charge in [-0.05, 0) is 43.5 Å². The number of carbonyl (C=O) groups excluding carboxylic acids is 1. The first-order valence-corrected chi connectivity index (χ1v) is 11.3. The van der Waals surface area contributed by atoms with Gasteiger partial charge in [-0.3, -0.25) is 4.79 Å². The standard InChI is InChI=1S/C25H30FN5O2/c1-17-5-7-18(8-6-17)15-28-24(32)19-4-3-11-31(16-19)23-9-10-27-25(30-23)29-21-12-20(26)13-22(14-21)33-2/h5-10,12,14,19,22H,3-4,11,13,15-16H2,1-2H3,(H,28,32)(H,27,29,30)/t19-,22?/m0/s1. The minimum atomic E-state index is -0.318. The summed E-state index contributed by atoms with van der Waals surface area (Å²) in [4.78, 5) is 23.8. The second-order valence-electron chi connectivity index (χ2n) is 8.54. The van der Waals surface area contributed by atoms with E-state index in [1.807, 2.05) is 43.3 Å². The number of aromatic nitrogens is 2. The Hall–Kier alpha value is -3.26. The number of aryl methyl sites for hydroxylation is 1. The molecule has 1 aliphatic heterocycles. The van der Waals surface area contributed by atoms with Crippen LogP contribution in [0.4, 0.5) is 16.2 Å². The Morgan fingerprint density at radius 3 is 2.88 bits per heavy atom. The monoisotopic (exact) mass is 451 g/mol. The van der Waals surface area contributed by atoms with E-state index in [0.29, 0.717) is 24.7 Å². The number of rotatable bonds is 7. The maximum absolute atomic E-state index is 13.9. The molecule has 1 aliphatic carbocycles. The number of carbonyl (C=O) groups is 1. The van der Waals surface area contributed by atoms with Crippen LogP contribution in [0.5, 0.6) is 0 Å². The number of halogens is 1. The smallest absolute Gasteiger partial charge is 0.229 e. The number of nitrogens with one attached hydrogen (secondary N) is 2. The van der Waals surface area contributed by atoms with E-state index in [9.17, 15) is 9.18 Å². The first-order valence-electron chi connectivity index (χ1n) is 11.3. The van der Waals surface area contributed by atoms with E-state index in [-0.39, 0.29) is 30.2 Å². The number of ether oxygens (including phenoxy) is 1. The van der Waals surface area contributed by atoms with Crippen LogP contribution in [0.25, 0.3) is 0 Å². The first kappa shape index (κ1) is 22.9. The quantitative estimate of drug-likeness (QED) is 0.665. The number of methoxy groups -OCH3 is 1. The van der Waals surface area contributed by atoms with Crippen LogP contribution in [-0.4, -0.2) is 42.2 Å². The Bertz CT molecular complexity index is 1040. The maximum atomic E-state index is 13.9. The summed E-state index contributed by atoms with van der Waals surface area (Å²) in [5, 5.41) is 6.14. The van der Waals surface area contributed by atoms with Gasteiger partial charge in [0.1, 0.15) is 11.6 Å². The molecule has 1 aromatic carbocycles. The number of piperidine rings is 1. The van der Waals surface area contributed by atoms with Gasteiger partial charge in [0.25, 0.3) is 0 Å². The highest BCUT2D eigenvalue weighted by atomic mass is 19.1. The predicted octanol–water partition coefficient (Wildman–Crippen LogP) is 3.89. The van der Waals surface area contributed by atoms with Gasteiger partial charge in [0, 0.05) is 45.1 Å². The second-order valence-corrected chi connectivity index (χ2v) is 8.54. The third-order valence-electron chi connectivity index (χ3n) is 5.98. The Morgan fingerprint density at radius 1 is 1.27 bits per heavy atom. The van der Waals surface area contributed by atoms with E-state index in [0.717, 1.165) is 30.8 Å². The van der Waals surface area contributed by atoms with Crippen molar-refractivity contribution in [3.63, 3.8) is 0 Å². The summed E-state index contributed by atoms with van der Waals surface area (Å²) in [7, 11) is 1.55. The third kappa shape index (κ3) is 6.16. The van der Waals surface area contributed by atoms with Gasteiger partial charge in [-0.2, -0.15) is 4.98 Å². The molecule has 1 unspecified atom stereocenters. The summed E-state index contributed by atoms with van der Waals surface area (Å²) in [5.41, 5.74) is 2.85. The molecule has 2 atom stereocenters. The predicted molar refractivity (Wildman–Crippen MR) is 126 cm³/mol. The van der Waals surface area contributed by atoms with Crippen LogP contribution >= 0.6 is 0 Å². The summed E-state index contributed by atoms with van der Waals surface area (Å²) in [6.07, 6.45) is 6.58. The molecule has 0 bridgehead atoms. The minimum absolute atomic E-state index is 0.0614. The van der Waals surface area contributed by atoms with Crippen LogP contribution in [0.2, 0.25) is 0 Å². The number of hydrogen-bond acceptors (Lipinski definition) is 6. The molecule has 2 N–H and O–H groups in total. The zero-order chi connectivity index (χ0) is 23.2. The minimum Gasteiger partial charge on any atom is -0.377 e. The lowest BCUT2D eigenvalue weighted by molar-refractivity contribution is -0.125. The van der Waals surface area contributed by atoms with Crippen molar-refractivity contribution < 1.29 is 13.9 Å². The summed E-state index contributed by atoms with van der Waals surface area (Å²) in [5.74, 6) is 0.832. The van der Waals surface area contributed by atoms with E-state index >= 15 is 0 Å². The molecule has 0 radical (unpaired) electrons. The molecule has 8 heteroatoms. The van der Waals surface area contributed by atoms with Crippen molar-refractivity contribution >= 4 is 17.7 Å². The zero-order valence-electron chi connectivity index (χ0n) is 19.1. The highest BCUT2D eigenvalue weighted by molar-refractivity contribution is 5.79. The fourth-order valence-corrected chi connectivity index (χ4v) is 4.11. The molecular formula is C25H30FN5O2. The van der Waals surface area contributed by atoms with Crippen molar-refractivity contribution in [3.05, 3.63) is 71.3 Å². The van der Waals surface area contributed by atoms with Crippen molar-refractivity contribution in [1.29, 1.82) is 0 Å². The number of amides is 1. The highest BCUT2D eigenvalue weighted by Gasteiger charge is 2.26. The van der Waals surface area contributed by atoms with Gasteiger partial charge in [0.05, 0.1) is 12.0 Å². The lowest BCUT2D eigenvalue weighted by Crippen LogP contribution is -2.43. The molecule has 1 fully saturated rings. The van der Waals surface area contributed by atoms with Crippen molar-refractivity contribution in [1.82, 2.24) is 15.3 Å². The topological polar surface area (TPSA) is 79.4 Å². The van der Waals surface area contributed by atoms with E-state index in [1.54, 1.807) is 13.3 Å². The van der Waals surface area contributed by atoms with Gasteiger partial charge in [-0.15, -0.1) is 0 Å². The Balaban J connectivity index is 1.37. The van der Waals surface area contributed by atoms with Crippen LogP contribution in [0, 0.1) is 12.8 Å². The molecule has 33 heavy (non-hydrogen) atoms. The van der Waals surface area contributed by atoms with Crippen LogP contribution in [0.15, 0.2) is 60.2 Å². The van der Waals surface area contributed by atoms with Gasteiger partial charge in [-0.25, -0.2) is 9.37 Å². The molecule has 174 valence electrons. The Kier molecular flexibility index (Phi) is 7.34. The Morgan fingerprint density at radius 2 is 2.09 bits per heavy atom. The molecule has 2 heterocycles. The third-order valence-corrected chi connectivity index (χ3v) is 5.98. The SMILES string of the molecule is COC1C=C(Nc2nccc(N3CCC[C@H](C(=O)NCc4ccc(C)cc4)C3)n2)C=C(F)C1. The van der Waals surface area contributed by atoms with Crippen molar-refractivity contribution in [2.75, 3.05) is 30.4 Å². The molecule has 1 aromatic heterocycles. The molecule has 2 aromatic rings. The van der Waals surface area contributed by atoms with E-state index < -0.39 is 0 Å². The summed E-state index contributed by atoms with van der Waals surface area (Å²) < 4.78 is 19.1. The second kappa shape index (κ2) is 10.6. The Labute approximate surface area is 193 Å². The molecular weight excluding hydrogens is 421 g/mol. The fraction of sp³-hybridized carbons (Fsp3) is 0.400. The van der Waals surface area contributed by atoms with Gasteiger partial charge < -0.3 is 20.3 Å². The van der Waals surface area contributed by atoms with Crippen molar-refractivity contribution in [2.24, 2.45) is 5.92 Å². The summed E-state index contributed by atoms with van der Waals surface area (Å²) in [6.45, 7) is 3.99. The number of nitrogens with zero attached hydrogens (tertiary/aromatic N) is 3. The van der Waals surface area contributed by atoms with Crippen LogP contribution < -0.4 is 15.5 Å². The van der Waals surface area contributed by atoms with Crippen molar-refractivity contribution in [2.45, 2.75) is 38.8 Å². The van der Waals surface area contributed by atoms with Gasteiger partial charge in [0.2, 0.25) is 11.9 Å². The average Bonchev–Trinajstić information content (AvgIpc) is 2.83. The zero-order valence-corrected chi connectivity index (χ0v) is 19.1. The van der Waals surface area contributed by atoms with Gasteiger partial charge in [0.15, 0.2) is 0 Å². The van der Waals surface area contributed by atoms with Crippen molar-refractivity contribution in [3.8, 4) is 0 Å². The largest absolute Gasteiger partial charge is 0.377 e. The summed E-state index contributed by atoms with van der Waals surface area (Å²) in [6, 6.07) is 10.0. The van der Waals surface area contributed by atoms with E-state index in [4.69, 9.17) is 4.74 Å². The average molecular weight is 452 g/mol. The molecule has 2 aliphatic rings. The van der Waals surface area contributed by atoms with Crippen LogP contribution in [0.1, 0.15) is 30.4 Å². The molecule has 1 amide bonds. The first-order chi connectivity index (χ1) is 16.0. The lowest BCUT2D eigenvalue weighted by Gasteiger charge is -2.33. The van der Waals surface area contributed by atoms with Gasteiger partial charge in [-0.1, -0.05) is 29.8 Å². The normalized spacial score (nSPS) is 20.6. The lowest BCUT2D eigenvalue weighted by atomic mass is 9.97. The molecule has 0 spiro atoms. The molecule has 4 rings (SSSR count). The van der Waals surface area contributed by atoms with Gasteiger partial charge >= 0.3 is 0 Å². The van der Waals surface area contributed by atoms with E-state index in [1.165, 1.54) is 11.6 Å². The fourth-order valence-electron chi connectivity index (χ4n) is 4.11. The van der Waals surface area contributed by atoms with E-state index in [2.05, 4.69) is 25.5 Å². The highest BCUT2D eigenvalue weighted by Crippen LogP contribution is 2.24. The van der Waals surface area contributed by atoms with Crippen LogP contribution in [0.3, 0.4) is 0 Å². The number of anilines is 2.